The largest absolute Gasteiger partial charge is 0.493 e. The number of hydrogen-bond acceptors (Lipinski definition) is 8. The number of carbonyl (C=O) groups excluding carboxylic acids is 2. The molecule has 2 aromatic rings. The summed E-state index contributed by atoms with van der Waals surface area (Å²) >= 11 is 1.15. The fraction of sp³-hybridized carbons (Fsp3) is 0.353. The molecule has 0 saturated carbocycles. The summed E-state index contributed by atoms with van der Waals surface area (Å²) in [6.07, 6.45) is 0. The predicted octanol–water partition coefficient (Wildman–Crippen LogP) is 1.29. The molecule has 2 rings (SSSR count). The number of ether oxygens (including phenoxy) is 2. The van der Waals surface area contributed by atoms with Gasteiger partial charge in [0.2, 0.25) is 0 Å². The lowest BCUT2D eigenvalue weighted by Crippen LogP contribution is -2.31. The minimum atomic E-state index is -0.456. The van der Waals surface area contributed by atoms with Crippen LogP contribution in [0.3, 0.4) is 0 Å². The van der Waals surface area contributed by atoms with Crippen molar-refractivity contribution in [3.05, 3.63) is 28.8 Å². The summed E-state index contributed by atoms with van der Waals surface area (Å²) in [7, 11) is 6.79. The molecule has 0 spiro atoms. The number of methoxy groups -OCH3 is 2. The molecule has 0 bridgehead atoms. The van der Waals surface area contributed by atoms with E-state index in [0.29, 0.717) is 23.2 Å². The van der Waals surface area contributed by atoms with Gasteiger partial charge < -0.3 is 25.4 Å². The van der Waals surface area contributed by atoms with Crippen molar-refractivity contribution in [2.45, 2.75) is 0 Å². The Hall–Kier alpha value is -2.85. The zero-order valence-electron chi connectivity index (χ0n) is 15.7. The predicted molar refractivity (Wildman–Crippen MR) is 105 cm³/mol. The van der Waals surface area contributed by atoms with Crippen molar-refractivity contribution in [2.75, 3.05) is 52.5 Å². The first-order valence-electron chi connectivity index (χ1n) is 8.07. The van der Waals surface area contributed by atoms with E-state index in [1.165, 1.54) is 26.4 Å². The molecule has 1 heterocycles. The van der Waals surface area contributed by atoms with Crippen molar-refractivity contribution >= 4 is 34.0 Å². The van der Waals surface area contributed by atoms with Crippen molar-refractivity contribution < 1.29 is 19.1 Å². The molecule has 0 radical (unpaired) electrons. The molecule has 146 valence electrons. The number of aromatic nitrogens is 1. The number of amides is 2. The Morgan fingerprint density at radius 2 is 1.85 bits per heavy atom. The SMILES string of the molecule is COc1cc(N)c(C(=O)Nc2nc(C(=O)NCCN(C)C)cs2)cc1OC. The van der Waals surface area contributed by atoms with Gasteiger partial charge in [-0.05, 0) is 20.2 Å². The van der Waals surface area contributed by atoms with E-state index < -0.39 is 5.91 Å². The third kappa shape index (κ3) is 5.31. The van der Waals surface area contributed by atoms with E-state index in [2.05, 4.69) is 15.6 Å². The van der Waals surface area contributed by atoms with Gasteiger partial charge in [0.25, 0.3) is 11.8 Å². The molecule has 2 amide bonds. The van der Waals surface area contributed by atoms with Crippen molar-refractivity contribution in [2.24, 2.45) is 0 Å². The third-order valence-electron chi connectivity index (χ3n) is 3.60. The molecule has 0 atom stereocenters. The van der Waals surface area contributed by atoms with Crippen molar-refractivity contribution in [1.29, 1.82) is 0 Å². The summed E-state index contributed by atoms with van der Waals surface area (Å²) in [4.78, 5) is 30.7. The highest BCUT2D eigenvalue weighted by atomic mass is 32.1. The molecule has 0 aliphatic heterocycles. The van der Waals surface area contributed by atoms with Crippen LogP contribution >= 0.6 is 11.3 Å². The van der Waals surface area contributed by atoms with Gasteiger partial charge in [-0.25, -0.2) is 4.98 Å². The lowest BCUT2D eigenvalue weighted by atomic mass is 10.1. The van der Waals surface area contributed by atoms with E-state index in [0.717, 1.165) is 17.9 Å². The number of nitrogens with one attached hydrogen (secondary N) is 2. The Kier molecular flexibility index (Phi) is 6.97. The highest BCUT2D eigenvalue weighted by Crippen LogP contribution is 2.32. The molecule has 0 fully saturated rings. The number of rotatable bonds is 8. The Balaban J connectivity index is 2.07. The first-order valence-corrected chi connectivity index (χ1v) is 8.95. The average Bonchev–Trinajstić information content (AvgIpc) is 3.09. The monoisotopic (exact) mass is 393 g/mol. The lowest BCUT2D eigenvalue weighted by Gasteiger charge is -2.12. The van der Waals surface area contributed by atoms with Crippen LogP contribution in [0.15, 0.2) is 17.5 Å². The number of nitrogens with two attached hydrogens (primary N) is 1. The molecule has 4 N–H and O–H groups in total. The second kappa shape index (κ2) is 9.19. The second-order valence-electron chi connectivity index (χ2n) is 5.85. The van der Waals surface area contributed by atoms with Crippen LogP contribution in [0.5, 0.6) is 11.5 Å². The number of nitrogen functional groups attached to an aromatic ring is 1. The van der Waals surface area contributed by atoms with Crippen LogP contribution in [-0.4, -0.2) is 63.1 Å². The Morgan fingerprint density at radius 3 is 2.48 bits per heavy atom. The zero-order chi connectivity index (χ0) is 20.0. The maximum Gasteiger partial charge on any atom is 0.270 e. The smallest absolute Gasteiger partial charge is 0.270 e. The second-order valence-corrected chi connectivity index (χ2v) is 6.70. The van der Waals surface area contributed by atoms with Gasteiger partial charge in [0.1, 0.15) is 5.69 Å². The van der Waals surface area contributed by atoms with Crippen LogP contribution in [-0.2, 0) is 0 Å². The molecule has 1 aromatic carbocycles. The highest BCUT2D eigenvalue weighted by Gasteiger charge is 2.17. The molecular weight excluding hydrogens is 370 g/mol. The van der Waals surface area contributed by atoms with E-state index in [4.69, 9.17) is 15.2 Å². The van der Waals surface area contributed by atoms with Crippen LogP contribution in [0, 0.1) is 0 Å². The summed E-state index contributed by atoms with van der Waals surface area (Å²) in [5, 5.41) is 7.29. The van der Waals surface area contributed by atoms with Crippen LogP contribution in [0.4, 0.5) is 10.8 Å². The molecule has 0 aliphatic carbocycles. The lowest BCUT2D eigenvalue weighted by molar-refractivity contribution is 0.0945. The number of nitrogens with zero attached hydrogens (tertiary/aromatic N) is 2. The van der Waals surface area contributed by atoms with Gasteiger partial charge in [0, 0.05) is 30.2 Å². The van der Waals surface area contributed by atoms with Gasteiger partial charge in [-0.15, -0.1) is 11.3 Å². The molecule has 27 heavy (non-hydrogen) atoms. The summed E-state index contributed by atoms with van der Waals surface area (Å²) in [5.41, 5.74) is 6.63. The van der Waals surface area contributed by atoms with Gasteiger partial charge in [-0.3, -0.25) is 14.9 Å². The topological polar surface area (TPSA) is 119 Å². The molecule has 1 aromatic heterocycles. The van der Waals surface area contributed by atoms with E-state index in [-0.39, 0.29) is 22.9 Å². The van der Waals surface area contributed by atoms with Gasteiger partial charge in [0.05, 0.1) is 19.8 Å². The third-order valence-corrected chi connectivity index (χ3v) is 4.36. The van der Waals surface area contributed by atoms with Crippen LogP contribution in [0.1, 0.15) is 20.8 Å². The van der Waals surface area contributed by atoms with Crippen LogP contribution in [0.25, 0.3) is 0 Å². The van der Waals surface area contributed by atoms with E-state index in [9.17, 15) is 9.59 Å². The first kappa shape index (κ1) is 20.5. The van der Waals surface area contributed by atoms with E-state index >= 15 is 0 Å². The normalized spacial score (nSPS) is 10.6. The molecule has 10 heteroatoms. The quantitative estimate of drug-likeness (QED) is 0.578. The van der Waals surface area contributed by atoms with Crippen molar-refractivity contribution in [3.8, 4) is 11.5 Å². The number of hydrogen-bond donors (Lipinski definition) is 3. The van der Waals surface area contributed by atoms with Crippen LogP contribution in [0.2, 0.25) is 0 Å². The summed E-state index contributed by atoms with van der Waals surface area (Å²) in [6.45, 7) is 1.23. The first-order chi connectivity index (χ1) is 12.8. The van der Waals surface area contributed by atoms with E-state index in [1.54, 1.807) is 5.38 Å². The summed E-state index contributed by atoms with van der Waals surface area (Å²) in [5.74, 6) is 0.0658. The van der Waals surface area contributed by atoms with Gasteiger partial charge in [0.15, 0.2) is 16.6 Å². The molecule has 0 unspecified atom stereocenters. The maximum absolute atomic E-state index is 12.5. The minimum absolute atomic E-state index is 0.222. The van der Waals surface area contributed by atoms with Gasteiger partial charge >= 0.3 is 0 Å². The fourth-order valence-corrected chi connectivity index (χ4v) is 2.86. The molecule has 0 saturated heterocycles. The van der Waals surface area contributed by atoms with E-state index in [1.807, 2.05) is 19.0 Å². The summed E-state index contributed by atoms with van der Waals surface area (Å²) in [6, 6.07) is 3.01. The Morgan fingerprint density at radius 1 is 1.19 bits per heavy atom. The Bertz CT molecular complexity index is 822. The number of anilines is 2. The van der Waals surface area contributed by atoms with Gasteiger partial charge in [-0.2, -0.15) is 0 Å². The fourth-order valence-electron chi connectivity index (χ4n) is 2.17. The summed E-state index contributed by atoms with van der Waals surface area (Å²) < 4.78 is 10.3. The maximum atomic E-state index is 12.5. The van der Waals surface area contributed by atoms with Crippen LogP contribution < -0.4 is 25.8 Å². The number of likely N-dealkylation sites (N-methyl/N-ethyl adjacent to an activating group) is 1. The molecular formula is C17H23N5O4S. The number of benzene rings is 1. The molecule has 0 aliphatic rings. The van der Waals surface area contributed by atoms with Crippen molar-refractivity contribution in [3.63, 3.8) is 0 Å². The molecule has 9 nitrogen and oxygen atoms in total. The standard InChI is InChI=1S/C17H23N5O4S/c1-22(2)6-5-19-16(24)12-9-27-17(20-12)21-15(23)10-7-13(25-3)14(26-4)8-11(10)18/h7-9H,5-6,18H2,1-4H3,(H,19,24)(H,20,21,23). The zero-order valence-corrected chi connectivity index (χ0v) is 16.5. The Labute approximate surface area is 161 Å². The number of thiazole rings is 1. The van der Waals surface area contributed by atoms with Gasteiger partial charge in [-0.1, -0.05) is 0 Å². The average molecular weight is 393 g/mol. The van der Waals surface area contributed by atoms with Crippen molar-refractivity contribution in [1.82, 2.24) is 15.2 Å². The highest BCUT2D eigenvalue weighted by molar-refractivity contribution is 7.14. The minimum Gasteiger partial charge on any atom is -0.493 e. The number of carbonyl (C=O) groups is 2.